The molecule has 0 fully saturated rings. The van der Waals surface area contributed by atoms with E-state index in [0.717, 1.165) is 24.3 Å². The van der Waals surface area contributed by atoms with E-state index < -0.39 is 20.8 Å². The lowest BCUT2D eigenvalue weighted by Crippen LogP contribution is -2.23. The summed E-state index contributed by atoms with van der Waals surface area (Å²) < 4.78 is 39.4. The number of nitrogens with one attached hydrogen (secondary N) is 2. The van der Waals surface area contributed by atoms with Gasteiger partial charge in [0.25, 0.3) is 5.69 Å². The minimum atomic E-state index is -3.82. The van der Waals surface area contributed by atoms with Crippen molar-refractivity contribution < 1.29 is 17.7 Å². The van der Waals surface area contributed by atoms with Gasteiger partial charge in [0.2, 0.25) is 10.0 Å². The van der Waals surface area contributed by atoms with Crippen molar-refractivity contribution in [1.82, 2.24) is 14.7 Å². The van der Waals surface area contributed by atoms with Gasteiger partial charge in [-0.05, 0) is 30.3 Å². The molecule has 0 atom stereocenters. The van der Waals surface area contributed by atoms with Crippen molar-refractivity contribution in [2.24, 2.45) is 0 Å². The molecule has 3 aromatic rings. The van der Waals surface area contributed by atoms with Gasteiger partial charge in [-0.2, -0.15) is 0 Å². The number of benzene rings is 2. The maximum absolute atomic E-state index is 12.9. The van der Waals surface area contributed by atoms with Crippen LogP contribution in [0.4, 0.5) is 10.1 Å². The number of halogens is 1. The molecular formula is C14H11FN4O4S. The molecule has 1 heterocycles. The molecule has 0 saturated carbocycles. The molecule has 0 unspecified atom stereocenters. The summed E-state index contributed by atoms with van der Waals surface area (Å²) in [7, 11) is -3.82. The Morgan fingerprint density at radius 3 is 2.58 bits per heavy atom. The van der Waals surface area contributed by atoms with Gasteiger partial charge in [-0.15, -0.1) is 0 Å². The molecule has 2 aromatic carbocycles. The lowest BCUT2D eigenvalue weighted by molar-refractivity contribution is -0.384. The van der Waals surface area contributed by atoms with E-state index in [1.54, 1.807) is 0 Å². The third-order valence-electron chi connectivity index (χ3n) is 3.28. The summed E-state index contributed by atoms with van der Waals surface area (Å²) in [6.45, 7) is -0.137. The molecule has 0 aliphatic heterocycles. The Hall–Kier alpha value is -2.85. The molecule has 0 saturated heterocycles. The quantitative estimate of drug-likeness (QED) is 0.539. The highest BCUT2D eigenvalue weighted by atomic mass is 32.2. The fraction of sp³-hybridized carbons (Fsp3) is 0.0714. The van der Waals surface area contributed by atoms with E-state index in [9.17, 15) is 22.9 Å². The molecule has 3 rings (SSSR count). The highest BCUT2D eigenvalue weighted by molar-refractivity contribution is 7.89. The van der Waals surface area contributed by atoms with Crippen LogP contribution in [0.3, 0.4) is 0 Å². The number of aromatic amines is 1. The zero-order chi connectivity index (χ0) is 17.3. The van der Waals surface area contributed by atoms with Gasteiger partial charge < -0.3 is 4.98 Å². The van der Waals surface area contributed by atoms with Crippen LogP contribution in [0.15, 0.2) is 47.4 Å². The number of aromatic nitrogens is 2. The number of nitro groups is 1. The molecule has 0 aliphatic rings. The van der Waals surface area contributed by atoms with Crippen LogP contribution >= 0.6 is 0 Å². The number of nitrogens with zero attached hydrogens (tertiary/aromatic N) is 2. The minimum absolute atomic E-state index is 0.0735. The van der Waals surface area contributed by atoms with Gasteiger partial charge in [-0.25, -0.2) is 22.5 Å². The highest BCUT2D eigenvalue weighted by Gasteiger charge is 2.15. The average Bonchev–Trinajstić information content (AvgIpc) is 2.95. The van der Waals surface area contributed by atoms with Crippen molar-refractivity contribution in [2.45, 2.75) is 11.4 Å². The van der Waals surface area contributed by atoms with Gasteiger partial charge in [-0.1, -0.05) is 0 Å². The molecule has 10 heteroatoms. The number of hydrogen-bond acceptors (Lipinski definition) is 5. The van der Waals surface area contributed by atoms with Crippen LogP contribution in [0.2, 0.25) is 0 Å². The van der Waals surface area contributed by atoms with E-state index in [2.05, 4.69) is 14.7 Å². The molecule has 0 bridgehead atoms. The number of rotatable bonds is 5. The number of hydrogen-bond donors (Lipinski definition) is 2. The first-order valence-corrected chi connectivity index (χ1v) is 8.22. The van der Waals surface area contributed by atoms with Gasteiger partial charge in [0.1, 0.15) is 11.6 Å². The van der Waals surface area contributed by atoms with Crippen molar-refractivity contribution in [3.63, 3.8) is 0 Å². The van der Waals surface area contributed by atoms with Crippen molar-refractivity contribution in [3.8, 4) is 0 Å². The van der Waals surface area contributed by atoms with E-state index in [-0.39, 0.29) is 17.1 Å². The molecule has 2 N–H and O–H groups in total. The molecule has 0 radical (unpaired) electrons. The van der Waals surface area contributed by atoms with E-state index >= 15 is 0 Å². The second kappa shape index (κ2) is 5.98. The summed E-state index contributed by atoms with van der Waals surface area (Å²) >= 11 is 0. The summed E-state index contributed by atoms with van der Waals surface area (Å²) in [4.78, 5) is 17.1. The van der Waals surface area contributed by atoms with Gasteiger partial charge in [0.05, 0.1) is 27.4 Å². The Morgan fingerprint density at radius 2 is 1.92 bits per heavy atom. The Bertz CT molecular complexity index is 1010. The number of sulfonamides is 1. The minimum Gasteiger partial charge on any atom is -0.341 e. The first-order chi connectivity index (χ1) is 11.3. The van der Waals surface area contributed by atoms with Gasteiger partial charge >= 0.3 is 0 Å². The summed E-state index contributed by atoms with van der Waals surface area (Å²) in [6.07, 6.45) is 0. The van der Waals surface area contributed by atoms with Crippen LogP contribution in [-0.2, 0) is 16.6 Å². The van der Waals surface area contributed by atoms with Gasteiger partial charge in [-0.3, -0.25) is 10.1 Å². The van der Waals surface area contributed by atoms with Crippen molar-refractivity contribution >= 4 is 26.7 Å². The third-order valence-corrected chi connectivity index (χ3v) is 4.70. The number of H-pyrrole nitrogens is 1. The van der Waals surface area contributed by atoms with Crippen LogP contribution in [0.25, 0.3) is 11.0 Å². The van der Waals surface area contributed by atoms with E-state index in [1.165, 1.54) is 18.2 Å². The van der Waals surface area contributed by atoms with Crippen LogP contribution < -0.4 is 4.72 Å². The first-order valence-electron chi connectivity index (χ1n) is 6.73. The third kappa shape index (κ3) is 3.24. The number of nitro benzene ring substituents is 1. The second-order valence-electron chi connectivity index (χ2n) is 4.92. The molecular weight excluding hydrogens is 339 g/mol. The van der Waals surface area contributed by atoms with Gasteiger partial charge in [0, 0.05) is 12.1 Å². The van der Waals surface area contributed by atoms with Crippen LogP contribution in [0.5, 0.6) is 0 Å². The first kappa shape index (κ1) is 16.0. The predicted octanol–water partition coefficient (Wildman–Crippen LogP) is 2.09. The molecule has 0 aliphatic carbocycles. The monoisotopic (exact) mass is 350 g/mol. The highest BCUT2D eigenvalue weighted by Crippen LogP contribution is 2.19. The van der Waals surface area contributed by atoms with E-state index in [0.29, 0.717) is 16.9 Å². The zero-order valence-corrected chi connectivity index (χ0v) is 12.9. The molecule has 1 aromatic heterocycles. The second-order valence-corrected chi connectivity index (χ2v) is 6.69. The van der Waals surface area contributed by atoms with E-state index in [1.807, 2.05) is 0 Å². The normalized spacial score (nSPS) is 11.7. The fourth-order valence-corrected chi connectivity index (χ4v) is 3.10. The van der Waals surface area contributed by atoms with Crippen molar-refractivity contribution in [2.75, 3.05) is 0 Å². The summed E-state index contributed by atoms with van der Waals surface area (Å²) in [6, 6.07) is 8.51. The predicted molar refractivity (Wildman–Crippen MR) is 83.2 cm³/mol. The van der Waals surface area contributed by atoms with E-state index in [4.69, 9.17) is 0 Å². The lowest BCUT2D eigenvalue weighted by atomic mass is 10.3. The van der Waals surface area contributed by atoms with Crippen molar-refractivity contribution in [3.05, 3.63) is 64.2 Å². The zero-order valence-electron chi connectivity index (χ0n) is 12.1. The van der Waals surface area contributed by atoms with Crippen molar-refractivity contribution in [1.29, 1.82) is 0 Å². The molecule has 124 valence electrons. The van der Waals surface area contributed by atoms with Crippen LogP contribution in [0, 0.1) is 15.9 Å². The average molecular weight is 350 g/mol. The standard InChI is InChI=1S/C14H11FN4O4S/c15-9-1-4-11(5-2-9)24(22,23)16-8-14-17-12-6-3-10(19(20)21)7-13(12)18-14/h1-7,16H,8H2,(H,17,18). The topological polar surface area (TPSA) is 118 Å². The van der Waals surface area contributed by atoms with Crippen LogP contribution in [0.1, 0.15) is 5.82 Å². The lowest BCUT2D eigenvalue weighted by Gasteiger charge is -2.04. The maximum Gasteiger partial charge on any atom is 0.271 e. The maximum atomic E-state index is 12.9. The largest absolute Gasteiger partial charge is 0.341 e. The van der Waals surface area contributed by atoms with Gasteiger partial charge in [0.15, 0.2) is 0 Å². The Kier molecular flexibility index (Phi) is 3.99. The molecule has 8 nitrogen and oxygen atoms in total. The summed E-state index contributed by atoms with van der Waals surface area (Å²) in [5.41, 5.74) is 0.821. The fourth-order valence-electron chi connectivity index (χ4n) is 2.11. The Morgan fingerprint density at radius 1 is 1.21 bits per heavy atom. The number of imidazole rings is 1. The molecule has 0 amide bonds. The summed E-state index contributed by atoms with van der Waals surface area (Å²) in [5, 5.41) is 10.7. The smallest absolute Gasteiger partial charge is 0.271 e. The van der Waals surface area contributed by atoms with Crippen LogP contribution in [-0.4, -0.2) is 23.3 Å². The SMILES string of the molecule is O=[N+]([O-])c1ccc2nc(CNS(=O)(=O)c3ccc(F)cc3)[nH]c2c1. The Labute approximate surface area is 135 Å². The molecule has 0 spiro atoms. The molecule has 24 heavy (non-hydrogen) atoms. The Balaban J connectivity index is 1.80. The number of non-ortho nitro benzene ring substituents is 1. The summed E-state index contributed by atoms with van der Waals surface area (Å²) in [5.74, 6) is -0.232. The number of fused-ring (bicyclic) bond motifs is 1.